The van der Waals surface area contributed by atoms with Crippen molar-refractivity contribution in [2.45, 2.75) is 13.8 Å². The molecule has 0 heterocycles. The molecule has 1 aromatic carbocycles. The number of aliphatic imine (C=N–C) groups is 1. The first-order chi connectivity index (χ1) is 6.56. The highest BCUT2D eigenvalue weighted by molar-refractivity contribution is 5.66. The third-order valence-corrected chi connectivity index (χ3v) is 1.78. The summed E-state index contributed by atoms with van der Waals surface area (Å²) in [4.78, 5) is 23.5. The number of nitrogens with zero attached hydrogens (tertiary/aromatic N) is 2. The maximum atomic E-state index is 10.6. The molecule has 0 unspecified atom stereocenters. The van der Waals surface area contributed by atoms with Crippen LogP contribution in [-0.4, -0.2) is 11.0 Å². The lowest BCUT2D eigenvalue weighted by Gasteiger charge is -2.01. The van der Waals surface area contributed by atoms with Gasteiger partial charge in [-0.05, 0) is 25.0 Å². The van der Waals surface area contributed by atoms with E-state index < -0.39 is 4.92 Å². The Morgan fingerprint density at radius 3 is 2.57 bits per heavy atom. The van der Waals surface area contributed by atoms with Crippen molar-refractivity contribution in [3.05, 3.63) is 33.4 Å². The highest BCUT2D eigenvalue weighted by Gasteiger charge is 2.16. The molecule has 0 atom stereocenters. The van der Waals surface area contributed by atoms with Gasteiger partial charge in [0, 0.05) is 6.07 Å². The topological polar surface area (TPSA) is 72.6 Å². The first kappa shape index (κ1) is 10.1. The molecule has 0 N–H and O–H groups in total. The van der Waals surface area contributed by atoms with Crippen LogP contribution in [0.1, 0.15) is 11.1 Å². The zero-order valence-electron chi connectivity index (χ0n) is 7.77. The molecule has 5 heteroatoms. The van der Waals surface area contributed by atoms with Crippen molar-refractivity contribution in [2.75, 3.05) is 0 Å². The zero-order chi connectivity index (χ0) is 10.7. The molecule has 0 aliphatic carbocycles. The normalized spacial score (nSPS) is 9.29. The van der Waals surface area contributed by atoms with Gasteiger partial charge in [0.1, 0.15) is 0 Å². The second-order valence-electron chi connectivity index (χ2n) is 2.91. The maximum absolute atomic E-state index is 10.6. The average Bonchev–Trinajstić information content (AvgIpc) is 2.09. The Hall–Kier alpha value is -2.00. The van der Waals surface area contributed by atoms with Gasteiger partial charge in [0.15, 0.2) is 5.69 Å². The Bertz CT molecular complexity index is 434. The first-order valence-electron chi connectivity index (χ1n) is 3.89. The average molecular weight is 192 g/mol. The second-order valence-corrected chi connectivity index (χ2v) is 2.91. The van der Waals surface area contributed by atoms with E-state index in [0.717, 1.165) is 5.56 Å². The number of benzene rings is 1. The molecule has 0 bridgehead atoms. The van der Waals surface area contributed by atoms with E-state index in [2.05, 4.69) is 4.99 Å². The number of rotatable bonds is 2. The van der Waals surface area contributed by atoms with Crippen LogP contribution in [0.3, 0.4) is 0 Å². The van der Waals surface area contributed by atoms with Crippen molar-refractivity contribution < 1.29 is 9.72 Å². The van der Waals surface area contributed by atoms with Crippen LogP contribution in [-0.2, 0) is 4.79 Å². The second kappa shape index (κ2) is 3.81. The Morgan fingerprint density at radius 1 is 1.43 bits per heavy atom. The number of nitro groups is 1. The maximum Gasteiger partial charge on any atom is 0.296 e. The van der Waals surface area contributed by atoms with Crippen molar-refractivity contribution >= 4 is 17.5 Å². The van der Waals surface area contributed by atoms with Crippen molar-refractivity contribution in [1.82, 2.24) is 0 Å². The monoisotopic (exact) mass is 192 g/mol. The van der Waals surface area contributed by atoms with Crippen molar-refractivity contribution in [3.63, 3.8) is 0 Å². The van der Waals surface area contributed by atoms with E-state index in [1.165, 1.54) is 12.1 Å². The summed E-state index contributed by atoms with van der Waals surface area (Å²) in [5.74, 6) is 0. The van der Waals surface area contributed by atoms with Crippen LogP contribution < -0.4 is 0 Å². The highest BCUT2D eigenvalue weighted by Crippen LogP contribution is 2.31. The lowest BCUT2D eigenvalue weighted by Crippen LogP contribution is -1.91. The van der Waals surface area contributed by atoms with Gasteiger partial charge in [0.2, 0.25) is 6.08 Å². The van der Waals surface area contributed by atoms with Gasteiger partial charge in [-0.25, -0.2) is 4.79 Å². The van der Waals surface area contributed by atoms with Gasteiger partial charge in [-0.1, -0.05) is 6.07 Å². The Balaban J connectivity index is 3.51. The summed E-state index contributed by atoms with van der Waals surface area (Å²) in [6.07, 6.45) is 1.31. The standard InChI is InChI=1S/C9H8N2O3/c1-6-3-7(2)9(10-5-12)8(4-6)11(13)14/h3-4H,1-2H3. The van der Waals surface area contributed by atoms with Crippen LogP contribution >= 0.6 is 0 Å². The molecule has 0 aromatic heterocycles. The number of aryl methyl sites for hydroxylation is 2. The predicted octanol–water partition coefficient (Wildman–Crippen LogP) is 2.18. The molecule has 0 radical (unpaired) electrons. The first-order valence-corrected chi connectivity index (χ1v) is 3.89. The minimum Gasteiger partial charge on any atom is -0.258 e. The molecule has 0 saturated heterocycles. The molecule has 5 nitrogen and oxygen atoms in total. The Labute approximate surface area is 80.2 Å². The molecular formula is C9H8N2O3. The third kappa shape index (κ3) is 1.84. The summed E-state index contributed by atoms with van der Waals surface area (Å²) in [5, 5.41) is 10.6. The van der Waals surface area contributed by atoms with Gasteiger partial charge < -0.3 is 0 Å². The molecule has 0 spiro atoms. The molecule has 1 aromatic rings. The van der Waals surface area contributed by atoms with E-state index in [4.69, 9.17) is 0 Å². The zero-order valence-corrected chi connectivity index (χ0v) is 7.77. The number of isocyanates is 1. The number of hydrogen-bond donors (Lipinski definition) is 0. The third-order valence-electron chi connectivity index (χ3n) is 1.78. The lowest BCUT2D eigenvalue weighted by molar-refractivity contribution is -0.384. The Morgan fingerprint density at radius 2 is 2.07 bits per heavy atom. The molecule has 14 heavy (non-hydrogen) atoms. The van der Waals surface area contributed by atoms with Gasteiger partial charge in [0.05, 0.1) is 4.92 Å². The quantitative estimate of drug-likeness (QED) is 0.312. The van der Waals surface area contributed by atoms with Gasteiger partial charge in [-0.2, -0.15) is 4.99 Å². The van der Waals surface area contributed by atoms with E-state index in [1.807, 2.05) is 0 Å². The highest BCUT2D eigenvalue weighted by atomic mass is 16.6. The van der Waals surface area contributed by atoms with Crippen LogP contribution in [0.5, 0.6) is 0 Å². The van der Waals surface area contributed by atoms with E-state index in [0.29, 0.717) is 5.56 Å². The molecular weight excluding hydrogens is 184 g/mol. The Kier molecular flexibility index (Phi) is 2.74. The molecule has 0 aliphatic rings. The van der Waals surface area contributed by atoms with Gasteiger partial charge in [0.25, 0.3) is 5.69 Å². The van der Waals surface area contributed by atoms with Crippen molar-refractivity contribution in [1.29, 1.82) is 0 Å². The summed E-state index contributed by atoms with van der Waals surface area (Å²) in [6, 6.07) is 3.10. The SMILES string of the molecule is Cc1cc(C)c(N=C=O)c([N+](=O)[O-])c1. The molecule has 1 rings (SSSR count). The van der Waals surface area contributed by atoms with Crippen molar-refractivity contribution in [3.8, 4) is 0 Å². The minimum atomic E-state index is -0.559. The van der Waals surface area contributed by atoms with E-state index >= 15 is 0 Å². The summed E-state index contributed by atoms with van der Waals surface area (Å²) < 4.78 is 0. The lowest BCUT2D eigenvalue weighted by atomic mass is 10.1. The van der Waals surface area contributed by atoms with Crippen LogP contribution in [0, 0.1) is 24.0 Å². The largest absolute Gasteiger partial charge is 0.296 e. The smallest absolute Gasteiger partial charge is 0.258 e. The molecule has 0 amide bonds. The molecule has 72 valence electrons. The molecule has 0 fully saturated rings. The fourth-order valence-corrected chi connectivity index (χ4v) is 1.27. The van der Waals surface area contributed by atoms with Crippen LogP contribution in [0.25, 0.3) is 0 Å². The summed E-state index contributed by atoms with van der Waals surface area (Å²) in [7, 11) is 0. The number of nitro benzene ring substituents is 1. The fourth-order valence-electron chi connectivity index (χ4n) is 1.27. The molecule has 0 saturated carbocycles. The summed E-state index contributed by atoms with van der Waals surface area (Å²) in [5.41, 5.74) is 1.28. The van der Waals surface area contributed by atoms with Crippen molar-refractivity contribution in [2.24, 2.45) is 4.99 Å². The minimum absolute atomic E-state index is 0.0793. The van der Waals surface area contributed by atoms with Gasteiger partial charge in [-0.3, -0.25) is 10.1 Å². The van der Waals surface area contributed by atoms with Crippen LogP contribution in [0.4, 0.5) is 11.4 Å². The number of carbonyl (C=O) groups excluding carboxylic acids is 1. The van der Waals surface area contributed by atoms with Crippen LogP contribution in [0.15, 0.2) is 17.1 Å². The number of hydrogen-bond acceptors (Lipinski definition) is 4. The fraction of sp³-hybridized carbons (Fsp3) is 0.222. The van der Waals surface area contributed by atoms with Gasteiger partial charge in [-0.15, -0.1) is 0 Å². The summed E-state index contributed by atoms with van der Waals surface area (Å²) in [6.45, 7) is 3.41. The van der Waals surface area contributed by atoms with E-state index in [9.17, 15) is 14.9 Å². The van der Waals surface area contributed by atoms with E-state index in [1.54, 1.807) is 19.9 Å². The summed E-state index contributed by atoms with van der Waals surface area (Å²) >= 11 is 0. The van der Waals surface area contributed by atoms with Gasteiger partial charge >= 0.3 is 0 Å². The van der Waals surface area contributed by atoms with Crippen LogP contribution in [0.2, 0.25) is 0 Å². The predicted molar refractivity (Wildman–Crippen MR) is 50.4 cm³/mol. The molecule has 0 aliphatic heterocycles. The van der Waals surface area contributed by atoms with E-state index in [-0.39, 0.29) is 11.4 Å².